The van der Waals surface area contributed by atoms with Gasteiger partial charge < -0.3 is 0 Å². The third-order valence-electron chi connectivity index (χ3n) is 1.63. The smallest absolute Gasteiger partial charge is 0.0822 e. The summed E-state index contributed by atoms with van der Waals surface area (Å²) in [6, 6.07) is 0. The molecule has 0 saturated heterocycles. The Hall–Kier alpha value is -0.0800. The summed E-state index contributed by atoms with van der Waals surface area (Å²) in [4.78, 5) is 9.21. The second kappa shape index (κ2) is 8.02. The Labute approximate surface area is 69.8 Å². The molecule has 0 amide bonds. The molecule has 11 heavy (non-hydrogen) atoms. The molecule has 0 atom stereocenters. The van der Waals surface area contributed by atoms with Gasteiger partial charge in [-0.25, -0.2) is 9.78 Å². The van der Waals surface area contributed by atoms with E-state index in [1.54, 1.807) is 7.11 Å². The van der Waals surface area contributed by atoms with Gasteiger partial charge in [-0.15, -0.1) is 0 Å². The van der Waals surface area contributed by atoms with Gasteiger partial charge in [-0.2, -0.15) is 0 Å². The van der Waals surface area contributed by atoms with Gasteiger partial charge in [-0.1, -0.05) is 33.1 Å². The van der Waals surface area contributed by atoms with Crippen LogP contribution in [0.3, 0.4) is 0 Å². The van der Waals surface area contributed by atoms with Crippen LogP contribution in [0.2, 0.25) is 0 Å². The predicted molar refractivity (Wildman–Crippen MR) is 46.3 cm³/mol. The number of unbranched alkanes of at least 4 members (excludes halogenated alkanes) is 2. The average molecular weight is 160 g/mol. The molecule has 0 N–H and O–H groups in total. The summed E-state index contributed by atoms with van der Waals surface area (Å²) in [5.74, 6) is 0.832. The van der Waals surface area contributed by atoms with Crippen molar-refractivity contribution >= 4 is 0 Å². The lowest BCUT2D eigenvalue weighted by atomic mass is 10.1. The highest BCUT2D eigenvalue weighted by Gasteiger charge is 1.93. The van der Waals surface area contributed by atoms with E-state index in [0.717, 1.165) is 18.9 Å². The summed E-state index contributed by atoms with van der Waals surface area (Å²) < 4.78 is 0. The fourth-order valence-corrected chi connectivity index (χ4v) is 0.974. The van der Waals surface area contributed by atoms with E-state index in [2.05, 4.69) is 18.7 Å². The molecule has 68 valence electrons. The third kappa shape index (κ3) is 9.92. The molecular formula is C9H20O2. The lowest BCUT2D eigenvalue weighted by Crippen LogP contribution is -1.93. The first-order valence-corrected chi connectivity index (χ1v) is 4.43. The first kappa shape index (κ1) is 10.9. The van der Waals surface area contributed by atoms with Crippen LogP contribution in [0.4, 0.5) is 0 Å². The van der Waals surface area contributed by atoms with Gasteiger partial charge in [-0.05, 0) is 12.3 Å². The van der Waals surface area contributed by atoms with Crippen molar-refractivity contribution in [2.24, 2.45) is 5.92 Å². The van der Waals surface area contributed by atoms with Gasteiger partial charge in [-0.3, -0.25) is 0 Å². The van der Waals surface area contributed by atoms with E-state index < -0.39 is 0 Å². The summed E-state index contributed by atoms with van der Waals surface area (Å²) in [6.07, 6.45) is 5.00. The summed E-state index contributed by atoms with van der Waals surface area (Å²) in [6.45, 7) is 5.24. The molecule has 0 spiro atoms. The molecule has 0 aromatic heterocycles. The molecule has 0 radical (unpaired) electrons. The van der Waals surface area contributed by atoms with Crippen molar-refractivity contribution < 1.29 is 9.78 Å². The van der Waals surface area contributed by atoms with Crippen molar-refractivity contribution in [1.29, 1.82) is 0 Å². The number of hydrogen-bond donors (Lipinski definition) is 0. The van der Waals surface area contributed by atoms with Gasteiger partial charge in [0.05, 0.1) is 13.7 Å². The normalized spacial score (nSPS) is 10.9. The zero-order chi connectivity index (χ0) is 8.53. The lowest BCUT2D eigenvalue weighted by molar-refractivity contribution is -0.272. The fourth-order valence-electron chi connectivity index (χ4n) is 0.974. The summed E-state index contributed by atoms with van der Waals surface area (Å²) in [5.41, 5.74) is 0. The Kier molecular flexibility index (Phi) is 7.96. The van der Waals surface area contributed by atoms with E-state index >= 15 is 0 Å². The molecule has 0 bridgehead atoms. The molecule has 2 nitrogen and oxygen atoms in total. The third-order valence-corrected chi connectivity index (χ3v) is 1.63. The molecule has 0 fully saturated rings. The van der Waals surface area contributed by atoms with Crippen LogP contribution in [0.25, 0.3) is 0 Å². The van der Waals surface area contributed by atoms with Crippen molar-refractivity contribution in [3.05, 3.63) is 0 Å². The molecule has 0 rings (SSSR count). The molecule has 0 heterocycles. The van der Waals surface area contributed by atoms with E-state index in [4.69, 9.17) is 4.89 Å². The molecule has 0 unspecified atom stereocenters. The molecule has 0 aliphatic carbocycles. The van der Waals surface area contributed by atoms with Gasteiger partial charge in [0.25, 0.3) is 0 Å². The molecule has 0 aliphatic rings. The Morgan fingerprint density at radius 2 is 1.82 bits per heavy atom. The zero-order valence-electron chi connectivity index (χ0n) is 7.93. The summed E-state index contributed by atoms with van der Waals surface area (Å²) >= 11 is 0. The molecule has 0 aromatic carbocycles. The van der Waals surface area contributed by atoms with Crippen molar-refractivity contribution in [1.82, 2.24) is 0 Å². The van der Waals surface area contributed by atoms with E-state index in [-0.39, 0.29) is 0 Å². The van der Waals surface area contributed by atoms with Crippen LogP contribution >= 0.6 is 0 Å². The predicted octanol–water partition coefficient (Wildman–Crippen LogP) is 2.78. The van der Waals surface area contributed by atoms with Gasteiger partial charge in [0.2, 0.25) is 0 Å². The maximum Gasteiger partial charge on any atom is 0.0822 e. The Morgan fingerprint density at radius 1 is 1.09 bits per heavy atom. The molecule has 0 aromatic rings. The fraction of sp³-hybridized carbons (Fsp3) is 1.00. The molecule has 2 heteroatoms. The minimum atomic E-state index is 0.731. The maximum atomic E-state index is 4.74. The van der Waals surface area contributed by atoms with Gasteiger partial charge in [0.15, 0.2) is 0 Å². The van der Waals surface area contributed by atoms with Crippen LogP contribution in [0, 0.1) is 5.92 Å². The highest BCUT2D eigenvalue weighted by Crippen LogP contribution is 2.07. The lowest BCUT2D eigenvalue weighted by Gasteiger charge is -2.03. The Bertz CT molecular complexity index is 72.0. The zero-order valence-corrected chi connectivity index (χ0v) is 7.93. The second-order valence-electron chi connectivity index (χ2n) is 3.23. The first-order chi connectivity index (χ1) is 5.27. The minimum Gasteiger partial charge on any atom is -0.240 e. The van der Waals surface area contributed by atoms with Crippen LogP contribution in [-0.2, 0) is 9.78 Å². The number of hydrogen-bond acceptors (Lipinski definition) is 2. The van der Waals surface area contributed by atoms with Crippen molar-refractivity contribution in [3.8, 4) is 0 Å². The highest BCUT2D eigenvalue weighted by molar-refractivity contribution is 4.46. The standard InChI is InChI=1S/C9H20O2/c1-9(2)7-5-4-6-8-11-10-3/h9H,4-8H2,1-3H3. The molecule has 0 saturated carbocycles. The highest BCUT2D eigenvalue weighted by atomic mass is 17.2. The van der Waals surface area contributed by atoms with E-state index in [9.17, 15) is 0 Å². The Balaban J connectivity index is 2.80. The quantitative estimate of drug-likeness (QED) is 0.324. The van der Waals surface area contributed by atoms with Crippen molar-refractivity contribution in [3.63, 3.8) is 0 Å². The summed E-state index contributed by atoms with van der Waals surface area (Å²) in [7, 11) is 1.55. The van der Waals surface area contributed by atoms with Crippen LogP contribution in [0.15, 0.2) is 0 Å². The van der Waals surface area contributed by atoms with Crippen molar-refractivity contribution in [2.45, 2.75) is 39.5 Å². The molecule has 0 aliphatic heterocycles. The monoisotopic (exact) mass is 160 g/mol. The number of rotatable bonds is 7. The maximum absolute atomic E-state index is 4.74. The Morgan fingerprint density at radius 3 is 2.36 bits per heavy atom. The first-order valence-electron chi connectivity index (χ1n) is 4.43. The van der Waals surface area contributed by atoms with Crippen LogP contribution in [0.1, 0.15) is 39.5 Å². The largest absolute Gasteiger partial charge is 0.240 e. The average Bonchev–Trinajstić information content (AvgIpc) is 1.96. The van der Waals surface area contributed by atoms with Crippen LogP contribution in [-0.4, -0.2) is 13.7 Å². The van der Waals surface area contributed by atoms with Gasteiger partial charge in [0, 0.05) is 0 Å². The van der Waals surface area contributed by atoms with Gasteiger partial charge >= 0.3 is 0 Å². The van der Waals surface area contributed by atoms with E-state index in [1.165, 1.54) is 19.3 Å². The SMILES string of the molecule is COOCCCCCC(C)C. The van der Waals surface area contributed by atoms with E-state index in [0.29, 0.717) is 0 Å². The minimum absolute atomic E-state index is 0.731. The van der Waals surface area contributed by atoms with E-state index in [1.807, 2.05) is 0 Å². The molecular weight excluding hydrogens is 140 g/mol. The second-order valence-corrected chi connectivity index (χ2v) is 3.23. The topological polar surface area (TPSA) is 18.5 Å². The van der Waals surface area contributed by atoms with Gasteiger partial charge in [0.1, 0.15) is 0 Å². The van der Waals surface area contributed by atoms with Crippen LogP contribution < -0.4 is 0 Å². The summed E-state index contributed by atoms with van der Waals surface area (Å²) in [5, 5.41) is 0. The van der Waals surface area contributed by atoms with Crippen molar-refractivity contribution in [2.75, 3.05) is 13.7 Å². The van der Waals surface area contributed by atoms with Crippen LogP contribution in [0.5, 0.6) is 0 Å².